The van der Waals surface area contributed by atoms with E-state index in [4.69, 9.17) is 0 Å². The minimum atomic E-state index is 0.261. The lowest BCUT2D eigenvalue weighted by molar-refractivity contribution is 0.571. The number of nitrogens with zero attached hydrogens (tertiary/aromatic N) is 1. The van der Waals surface area contributed by atoms with Gasteiger partial charge in [-0.1, -0.05) is 35.4 Å². The van der Waals surface area contributed by atoms with Crippen molar-refractivity contribution in [3.8, 4) is 0 Å². The molecule has 1 aromatic heterocycles. The number of hydrogen-bond acceptors (Lipinski definition) is 2. The van der Waals surface area contributed by atoms with E-state index in [9.17, 15) is 0 Å². The Labute approximate surface area is 122 Å². The summed E-state index contributed by atoms with van der Waals surface area (Å²) >= 11 is 0. The number of likely N-dealkylation sites (N-methyl/N-ethyl adjacent to an activating group) is 1. The molecule has 0 saturated carbocycles. The monoisotopic (exact) mass is 268 g/mol. The van der Waals surface area contributed by atoms with Crippen LogP contribution >= 0.6 is 0 Å². The normalized spacial score (nSPS) is 12.4. The van der Waals surface area contributed by atoms with Gasteiger partial charge in [0.05, 0.1) is 11.7 Å². The summed E-state index contributed by atoms with van der Waals surface area (Å²) in [6, 6.07) is 9.21. The van der Waals surface area contributed by atoms with E-state index in [0.29, 0.717) is 0 Å². The van der Waals surface area contributed by atoms with Gasteiger partial charge in [-0.25, -0.2) is 0 Å². The van der Waals surface area contributed by atoms with Crippen LogP contribution in [0.5, 0.6) is 0 Å². The van der Waals surface area contributed by atoms with Gasteiger partial charge in [-0.15, -0.1) is 0 Å². The third kappa shape index (κ3) is 3.45. The molecule has 2 heteroatoms. The zero-order valence-electron chi connectivity index (χ0n) is 13.1. The molecule has 1 N–H and O–H groups in total. The summed E-state index contributed by atoms with van der Waals surface area (Å²) in [6.45, 7) is 8.53. The van der Waals surface area contributed by atoms with Crippen LogP contribution in [0.2, 0.25) is 0 Å². The molecule has 0 amide bonds. The molecule has 0 aliphatic rings. The Hall–Kier alpha value is -1.67. The largest absolute Gasteiger partial charge is 0.311 e. The molecule has 1 heterocycles. The van der Waals surface area contributed by atoms with Gasteiger partial charge in [0.1, 0.15) is 0 Å². The second-order valence-electron chi connectivity index (χ2n) is 5.76. The third-order valence-corrected chi connectivity index (χ3v) is 3.66. The van der Waals surface area contributed by atoms with E-state index in [1.54, 1.807) is 0 Å². The minimum absolute atomic E-state index is 0.261. The maximum absolute atomic E-state index is 4.63. The van der Waals surface area contributed by atoms with Crippen LogP contribution in [0.15, 0.2) is 30.5 Å². The van der Waals surface area contributed by atoms with Gasteiger partial charge in [-0.2, -0.15) is 0 Å². The highest BCUT2D eigenvalue weighted by molar-refractivity contribution is 5.31. The van der Waals surface area contributed by atoms with Gasteiger partial charge in [0.25, 0.3) is 0 Å². The number of aryl methyl sites for hydroxylation is 4. The van der Waals surface area contributed by atoms with Crippen LogP contribution in [0, 0.1) is 27.7 Å². The summed E-state index contributed by atoms with van der Waals surface area (Å²) in [4.78, 5) is 4.63. The van der Waals surface area contributed by atoms with Gasteiger partial charge in [0, 0.05) is 6.20 Å². The van der Waals surface area contributed by atoms with Crippen molar-refractivity contribution in [3.63, 3.8) is 0 Å². The molecule has 106 valence electrons. The van der Waals surface area contributed by atoms with E-state index in [1.807, 2.05) is 13.2 Å². The molecule has 2 aromatic rings. The van der Waals surface area contributed by atoms with Crippen molar-refractivity contribution in [1.82, 2.24) is 10.3 Å². The molecule has 1 atom stereocenters. The van der Waals surface area contributed by atoms with E-state index in [1.165, 1.54) is 27.8 Å². The molecule has 2 rings (SSSR count). The van der Waals surface area contributed by atoms with E-state index in [0.717, 1.165) is 12.1 Å². The lowest BCUT2D eigenvalue weighted by Gasteiger charge is -2.19. The standard InChI is InChI=1S/C18H24N2/c1-12-6-13(2)9-16(8-12)10-17(19-5)18-15(4)7-14(3)11-20-18/h6-9,11,17,19H,10H2,1-5H3. The maximum atomic E-state index is 4.63. The van der Waals surface area contributed by atoms with Gasteiger partial charge in [-0.05, 0) is 57.9 Å². The number of pyridine rings is 1. The Kier molecular flexibility index (Phi) is 4.56. The van der Waals surface area contributed by atoms with Crippen LogP contribution in [0.1, 0.15) is 39.6 Å². The molecule has 1 aromatic carbocycles. The van der Waals surface area contributed by atoms with E-state index >= 15 is 0 Å². The number of aromatic nitrogens is 1. The van der Waals surface area contributed by atoms with Crippen molar-refractivity contribution in [2.75, 3.05) is 7.05 Å². The van der Waals surface area contributed by atoms with Crippen LogP contribution in [-0.2, 0) is 6.42 Å². The summed E-state index contributed by atoms with van der Waals surface area (Å²) in [5.41, 5.74) is 7.63. The maximum Gasteiger partial charge on any atom is 0.0605 e. The minimum Gasteiger partial charge on any atom is -0.311 e. The molecule has 0 radical (unpaired) electrons. The van der Waals surface area contributed by atoms with Gasteiger partial charge in [0.15, 0.2) is 0 Å². The molecule has 0 aliphatic heterocycles. The Morgan fingerprint density at radius 3 is 2.15 bits per heavy atom. The second-order valence-corrected chi connectivity index (χ2v) is 5.76. The molecule has 20 heavy (non-hydrogen) atoms. The van der Waals surface area contributed by atoms with Crippen LogP contribution in [0.3, 0.4) is 0 Å². The fraction of sp³-hybridized carbons (Fsp3) is 0.389. The first-order valence-electron chi connectivity index (χ1n) is 7.17. The summed E-state index contributed by atoms with van der Waals surface area (Å²) in [5, 5.41) is 3.40. The molecular formula is C18H24N2. The van der Waals surface area contributed by atoms with Crippen molar-refractivity contribution in [2.45, 2.75) is 40.2 Å². The molecule has 0 saturated heterocycles. The first-order chi connectivity index (χ1) is 9.49. The molecule has 0 fully saturated rings. The molecule has 0 aliphatic carbocycles. The predicted octanol–water partition coefficient (Wildman–Crippen LogP) is 3.82. The lowest BCUT2D eigenvalue weighted by atomic mass is 9.97. The Morgan fingerprint density at radius 2 is 1.60 bits per heavy atom. The summed E-state index contributed by atoms with van der Waals surface area (Å²) in [6.07, 6.45) is 2.92. The van der Waals surface area contributed by atoms with Crippen molar-refractivity contribution in [1.29, 1.82) is 0 Å². The first kappa shape index (κ1) is 14.7. The highest BCUT2D eigenvalue weighted by Crippen LogP contribution is 2.21. The van der Waals surface area contributed by atoms with Crippen molar-refractivity contribution in [2.24, 2.45) is 0 Å². The lowest BCUT2D eigenvalue weighted by Crippen LogP contribution is -2.21. The molecule has 0 spiro atoms. The Bertz CT molecular complexity index is 582. The second kappa shape index (κ2) is 6.19. The van der Waals surface area contributed by atoms with Gasteiger partial charge in [-0.3, -0.25) is 4.98 Å². The predicted molar refractivity (Wildman–Crippen MR) is 85.1 cm³/mol. The van der Waals surface area contributed by atoms with E-state index in [2.05, 4.69) is 62.3 Å². The molecule has 1 unspecified atom stereocenters. The topological polar surface area (TPSA) is 24.9 Å². The average Bonchev–Trinajstić information content (AvgIpc) is 2.35. The Morgan fingerprint density at radius 1 is 0.950 bits per heavy atom. The fourth-order valence-corrected chi connectivity index (χ4v) is 2.85. The van der Waals surface area contributed by atoms with Gasteiger partial charge in [0.2, 0.25) is 0 Å². The van der Waals surface area contributed by atoms with E-state index in [-0.39, 0.29) is 6.04 Å². The van der Waals surface area contributed by atoms with Gasteiger partial charge < -0.3 is 5.32 Å². The number of hydrogen-bond donors (Lipinski definition) is 1. The number of nitrogens with one attached hydrogen (secondary N) is 1. The fourth-order valence-electron chi connectivity index (χ4n) is 2.85. The van der Waals surface area contributed by atoms with Crippen molar-refractivity contribution >= 4 is 0 Å². The van der Waals surface area contributed by atoms with Crippen LogP contribution < -0.4 is 5.32 Å². The first-order valence-corrected chi connectivity index (χ1v) is 7.17. The van der Waals surface area contributed by atoms with Crippen LogP contribution in [0.25, 0.3) is 0 Å². The highest BCUT2D eigenvalue weighted by atomic mass is 14.9. The van der Waals surface area contributed by atoms with Crippen LogP contribution in [-0.4, -0.2) is 12.0 Å². The zero-order chi connectivity index (χ0) is 14.7. The Balaban J connectivity index is 2.28. The summed E-state index contributed by atoms with van der Waals surface area (Å²) < 4.78 is 0. The average molecular weight is 268 g/mol. The van der Waals surface area contributed by atoms with Crippen molar-refractivity contribution in [3.05, 3.63) is 64.0 Å². The SMILES string of the molecule is CNC(Cc1cc(C)cc(C)c1)c1ncc(C)cc1C. The van der Waals surface area contributed by atoms with Gasteiger partial charge >= 0.3 is 0 Å². The molecular weight excluding hydrogens is 244 g/mol. The summed E-state index contributed by atoms with van der Waals surface area (Å²) in [5.74, 6) is 0. The zero-order valence-corrected chi connectivity index (χ0v) is 13.1. The molecule has 0 bridgehead atoms. The summed E-state index contributed by atoms with van der Waals surface area (Å²) in [7, 11) is 2.01. The highest BCUT2D eigenvalue weighted by Gasteiger charge is 2.14. The van der Waals surface area contributed by atoms with Crippen LogP contribution in [0.4, 0.5) is 0 Å². The van der Waals surface area contributed by atoms with Crippen molar-refractivity contribution < 1.29 is 0 Å². The number of rotatable bonds is 4. The quantitative estimate of drug-likeness (QED) is 0.912. The smallest absolute Gasteiger partial charge is 0.0605 e. The number of benzene rings is 1. The van der Waals surface area contributed by atoms with E-state index < -0.39 is 0 Å². The molecule has 2 nitrogen and oxygen atoms in total. The third-order valence-electron chi connectivity index (χ3n) is 3.66.